The number of aromatic nitrogens is 3. The number of nitrogens with one attached hydrogen (secondary N) is 2. The first-order valence-electron chi connectivity index (χ1n) is 11.7. The summed E-state index contributed by atoms with van der Waals surface area (Å²) in [5, 5.41) is 7.86. The van der Waals surface area contributed by atoms with Crippen molar-refractivity contribution in [3.8, 4) is 17.2 Å². The molecule has 0 aliphatic carbocycles. The van der Waals surface area contributed by atoms with E-state index in [0.29, 0.717) is 34.0 Å². The number of hydrogen-bond acceptors (Lipinski definition) is 7. The van der Waals surface area contributed by atoms with Gasteiger partial charge in [-0.2, -0.15) is 9.78 Å². The molecule has 0 radical (unpaired) electrons. The minimum Gasteiger partial charge on any atom is -0.497 e. The van der Waals surface area contributed by atoms with E-state index in [2.05, 4.69) is 20.4 Å². The van der Waals surface area contributed by atoms with Gasteiger partial charge in [-0.05, 0) is 66.2 Å². The van der Waals surface area contributed by atoms with E-state index < -0.39 is 0 Å². The Kier molecular flexibility index (Phi) is 6.77. The van der Waals surface area contributed by atoms with E-state index in [0.717, 1.165) is 22.0 Å². The third-order valence-electron chi connectivity index (χ3n) is 5.90. The lowest BCUT2D eigenvalue weighted by Crippen LogP contribution is -2.17. The minimum absolute atomic E-state index is 0.137. The number of nitrogens with zero attached hydrogens (tertiary/aromatic N) is 3. The summed E-state index contributed by atoms with van der Waals surface area (Å²) in [5.41, 5.74) is 3.63. The maximum absolute atomic E-state index is 13.1. The highest BCUT2D eigenvalue weighted by atomic mass is 16.5. The second-order valence-electron chi connectivity index (χ2n) is 8.46. The molecule has 0 bridgehead atoms. The number of hydrogen-bond donors (Lipinski definition) is 2. The van der Waals surface area contributed by atoms with Gasteiger partial charge in [0.05, 0.1) is 20.4 Å². The van der Waals surface area contributed by atoms with Gasteiger partial charge in [0.1, 0.15) is 41.2 Å². The Morgan fingerprint density at radius 1 is 1.05 bits per heavy atom. The molecular weight excluding hydrogens is 486 g/mol. The van der Waals surface area contributed by atoms with Gasteiger partial charge in [-0.15, -0.1) is 0 Å². The molecule has 0 fully saturated rings. The number of carbonyl (C=O) groups is 1. The topological polar surface area (TPSA) is 120 Å². The quantitative estimate of drug-likeness (QED) is 0.300. The maximum Gasteiger partial charge on any atom is 0.298 e. The van der Waals surface area contributed by atoms with Crippen LogP contribution >= 0.6 is 0 Å². The summed E-state index contributed by atoms with van der Waals surface area (Å²) < 4.78 is 17.9. The molecule has 0 saturated heterocycles. The zero-order chi connectivity index (χ0) is 26.6. The van der Waals surface area contributed by atoms with E-state index in [9.17, 15) is 9.59 Å². The van der Waals surface area contributed by atoms with E-state index in [-0.39, 0.29) is 18.1 Å². The molecule has 0 spiro atoms. The minimum atomic E-state index is -0.318. The summed E-state index contributed by atoms with van der Waals surface area (Å²) in [6.07, 6.45) is 2.97. The van der Waals surface area contributed by atoms with E-state index in [4.69, 9.17) is 14.2 Å². The molecule has 3 aromatic carbocycles. The fraction of sp³-hybridized carbons (Fsp3) is 0.143. The van der Waals surface area contributed by atoms with E-state index >= 15 is 0 Å². The van der Waals surface area contributed by atoms with Gasteiger partial charge in [0.25, 0.3) is 5.56 Å². The fourth-order valence-electron chi connectivity index (χ4n) is 4.05. The predicted octanol–water partition coefficient (Wildman–Crippen LogP) is 4.31. The Labute approximate surface area is 217 Å². The highest BCUT2D eigenvalue weighted by Gasteiger charge is 2.12. The molecule has 0 aliphatic heterocycles. The van der Waals surface area contributed by atoms with E-state index in [1.807, 2.05) is 36.4 Å². The lowest BCUT2D eigenvalue weighted by Gasteiger charge is -2.12. The first-order chi connectivity index (χ1) is 18.4. The Bertz CT molecular complexity index is 1720. The van der Waals surface area contributed by atoms with Crippen molar-refractivity contribution in [2.24, 2.45) is 5.10 Å². The molecule has 38 heavy (non-hydrogen) atoms. The summed E-state index contributed by atoms with van der Waals surface area (Å²) in [5.74, 6) is 1.85. The number of carbonyl (C=O) groups excluding carboxylic acids is 1. The molecule has 0 unspecified atom stereocenters. The molecular formula is C28H25N5O5. The molecule has 10 nitrogen and oxygen atoms in total. The van der Waals surface area contributed by atoms with Crippen molar-refractivity contribution in [2.75, 3.05) is 19.5 Å². The summed E-state index contributed by atoms with van der Waals surface area (Å²) in [4.78, 5) is 31.8. The van der Waals surface area contributed by atoms with Crippen LogP contribution in [0.4, 0.5) is 5.69 Å². The van der Waals surface area contributed by atoms with Crippen LogP contribution in [-0.4, -0.2) is 41.0 Å². The third kappa shape index (κ3) is 5.05. The average Bonchev–Trinajstić information content (AvgIpc) is 3.30. The van der Waals surface area contributed by atoms with Gasteiger partial charge in [0, 0.05) is 29.1 Å². The molecule has 0 aliphatic rings. The number of rotatable bonds is 8. The summed E-state index contributed by atoms with van der Waals surface area (Å²) >= 11 is 0. The summed E-state index contributed by atoms with van der Waals surface area (Å²) in [6, 6.07) is 18.1. The number of ether oxygens (including phenoxy) is 3. The average molecular weight is 512 g/mol. The van der Waals surface area contributed by atoms with Crippen molar-refractivity contribution in [2.45, 2.75) is 13.5 Å². The van der Waals surface area contributed by atoms with Crippen LogP contribution in [0.25, 0.3) is 21.9 Å². The number of aromatic amines is 1. The van der Waals surface area contributed by atoms with Gasteiger partial charge in [0.15, 0.2) is 0 Å². The SMILES string of the molecule is COc1ccc2[nH]c3c(=O)n(N=Cc4ccc(OC)c(COc5ccc(NC(C)=O)cc5)c4)cnc3c2c1. The Hall–Kier alpha value is -5.12. The predicted molar refractivity (Wildman–Crippen MR) is 145 cm³/mol. The van der Waals surface area contributed by atoms with Crippen LogP contribution in [0.3, 0.4) is 0 Å². The first-order valence-corrected chi connectivity index (χ1v) is 11.7. The van der Waals surface area contributed by atoms with Gasteiger partial charge in [-0.1, -0.05) is 0 Å². The van der Waals surface area contributed by atoms with Gasteiger partial charge in [0.2, 0.25) is 5.91 Å². The second kappa shape index (κ2) is 10.5. The molecule has 0 saturated carbocycles. The van der Waals surface area contributed by atoms with Crippen LogP contribution in [0.1, 0.15) is 18.1 Å². The highest BCUT2D eigenvalue weighted by molar-refractivity contribution is 6.04. The molecule has 10 heteroatoms. The smallest absolute Gasteiger partial charge is 0.298 e. The third-order valence-corrected chi connectivity index (χ3v) is 5.90. The van der Waals surface area contributed by atoms with Crippen molar-refractivity contribution < 1.29 is 19.0 Å². The lowest BCUT2D eigenvalue weighted by atomic mass is 10.1. The molecule has 5 rings (SSSR count). The zero-order valence-corrected chi connectivity index (χ0v) is 21.0. The van der Waals surface area contributed by atoms with Crippen molar-refractivity contribution in [1.82, 2.24) is 14.6 Å². The van der Waals surface area contributed by atoms with Gasteiger partial charge in [-0.3, -0.25) is 9.59 Å². The maximum atomic E-state index is 13.1. The normalized spacial score (nSPS) is 11.2. The van der Waals surface area contributed by atoms with Crippen LogP contribution in [-0.2, 0) is 11.4 Å². The van der Waals surface area contributed by atoms with Crippen LogP contribution in [0.2, 0.25) is 0 Å². The Morgan fingerprint density at radius 3 is 2.58 bits per heavy atom. The molecule has 1 amide bonds. The molecule has 2 heterocycles. The van der Waals surface area contributed by atoms with Crippen molar-refractivity contribution in [1.29, 1.82) is 0 Å². The molecule has 5 aromatic rings. The first kappa shape index (κ1) is 24.6. The van der Waals surface area contributed by atoms with Gasteiger partial charge < -0.3 is 24.5 Å². The Balaban J connectivity index is 1.37. The van der Waals surface area contributed by atoms with Gasteiger partial charge >= 0.3 is 0 Å². The molecule has 2 aromatic heterocycles. The van der Waals surface area contributed by atoms with Gasteiger partial charge in [-0.25, -0.2) is 4.98 Å². The van der Waals surface area contributed by atoms with Crippen LogP contribution in [0, 0.1) is 0 Å². The molecule has 192 valence electrons. The van der Waals surface area contributed by atoms with Crippen LogP contribution in [0.15, 0.2) is 76.9 Å². The standard InChI is InChI=1S/C28H25N5O5/c1-17(34)31-20-5-7-21(8-6-20)38-15-19-12-18(4-11-25(19)37-3)14-30-33-16-29-26-23-13-22(36-2)9-10-24(23)32-27(26)28(33)35/h4-14,16,32H,15H2,1-3H3,(H,31,34). The molecule has 0 atom stereocenters. The Morgan fingerprint density at radius 2 is 1.84 bits per heavy atom. The molecule has 2 N–H and O–H groups in total. The van der Waals surface area contributed by atoms with Crippen molar-refractivity contribution in [3.05, 3.63) is 88.5 Å². The number of anilines is 1. The van der Waals surface area contributed by atoms with Crippen LogP contribution < -0.4 is 25.1 Å². The van der Waals surface area contributed by atoms with Crippen molar-refractivity contribution in [3.63, 3.8) is 0 Å². The number of amides is 1. The number of benzene rings is 3. The van der Waals surface area contributed by atoms with Crippen molar-refractivity contribution >= 4 is 39.7 Å². The largest absolute Gasteiger partial charge is 0.497 e. The lowest BCUT2D eigenvalue weighted by molar-refractivity contribution is -0.114. The summed E-state index contributed by atoms with van der Waals surface area (Å²) in [7, 11) is 3.18. The zero-order valence-electron chi connectivity index (χ0n) is 21.0. The van der Waals surface area contributed by atoms with E-state index in [1.165, 1.54) is 17.9 Å². The number of fused-ring (bicyclic) bond motifs is 3. The van der Waals surface area contributed by atoms with E-state index in [1.54, 1.807) is 44.7 Å². The number of H-pyrrole nitrogens is 1. The fourth-order valence-corrected chi connectivity index (χ4v) is 4.05. The second-order valence-corrected chi connectivity index (χ2v) is 8.46. The summed E-state index contributed by atoms with van der Waals surface area (Å²) in [6.45, 7) is 1.70. The highest BCUT2D eigenvalue weighted by Crippen LogP contribution is 2.26. The monoisotopic (exact) mass is 511 g/mol. The number of methoxy groups -OCH3 is 2. The van der Waals surface area contributed by atoms with Crippen LogP contribution in [0.5, 0.6) is 17.2 Å².